The number of aryl methyl sites for hydroxylation is 4. The molecule has 0 spiro atoms. The standard InChI is InChI=1S/C21H26O4/c1-6-7-24-20-13(2)8-17(9-14(20)3)18-10-15(4)21(16(5)11-18)25-12-19(22)23/h8-11H,6-7,12H2,1-5H3,(H,22,23). The van der Waals surface area contributed by atoms with Gasteiger partial charge < -0.3 is 14.6 Å². The molecule has 0 aliphatic rings. The lowest BCUT2D eigenvalue weighted by Crippen LogP contribution is -2.11. The minimum Gasteiger partial charge on any atom is -0.493 e. The Bertz CT molecular complexity index is 731. The van der Waals surface area contributed by atoms with Gasteiger partial charge in [0.2, 0.25) is 0 Å². The van der Waals surface area contributed by atoms with E-state index in [1.54, 1.807) is 0 Å². The molecule has 2 aromatic rings. The summed E-state index contributed by atoms with van der Waals surface area (Å²) in [5.41, 5.74) is 6.30. The van der Waals surface area contributed by atoms with Crippen molar-refractivity contribution in [1.82, 2.24) is 0 Å². The topological polar surface area (TPSA) is 55.8 Å². The Morgan fingerprint density at radius 2 is 1.24 bits per heavy atom. The van der Waals surface area contributed by atoms with Gasteiger partial charge in [0.25, 0.3) is 0 Å². The van der Waals surface area contributed by atoms with Crippen LogP contribution in [0.2, 0.25) is 0 Å². The van der Waals surface area contributed by atoms with E-state index in [0.717, 1.165) is 52.2 Å². The number of carboxylic acids is 1. The van der Waals surface area contributed by atoms with Gasteiger partial charge in [0, 0.05) is 0 Å². The number of hydrogen-bond donors (Lipinski definition) is 1. The van der Waals surface area contributed by atoms with Crippen LogP contribution in [0.15, 0.2) is 24.3 Å². The summed E-state index contributed by atoms with van der Waals surface area (Å²) < 4.78 is 11.3. The Kier molecular flexibility index (Phi) is 6.07. The molecule has 0 aliphatic carbocycles. The number of aliphatic carboxylic acids is 1. The third-order valence-corrected chi connectivity index (χ3v) is 4.04. The predicted molar refractivity (Wildman–Crippen MR) is 99.7 cm³/mol. The largest absolute Gasteiger partial charge is 0.493 e. The minimum atomic E-state index is -0.975. The van der Waals surface area contributed by atoms with Crippen LogP contribution in [0, 0.1) is 27.7 Å². The second-order valence-corrected chi connectivity index (χ2v) is 6.41. The average Bonchev–Trinajstić information content (AvgIpc) is 2.52. The van der Waals surface area contributed by atoms with Gasteiger partial charge in [-0.15, -0.1) is 0 Å². The van der Waals surface area contributed by atoms with Crippen molar-refractivity contribution in [3.05, 3.63) is 46.5 Å². The highest BCUT2D eigenvalue weighted by Crippen LogP contribution is 2.34. The second kappa shape index (κ2) is 8.06. The van der Waals surface area contributed by atoms with Crippen molar-refractivity contribution >= 4 is 5.97 Å². The Morgan fingerprint density at radius 1 is 0.840 bits per heavy atom. The highest BCUT2D eigenvalue weighted by Gasteiger charge is 2.12. The van der Waals surface area contributed by atoms with Crippen LogP contribution >= 0.6 is 0 Å². The molecule has 0 radical (unpaired) electrons. The summed E-state index contributed by atoms with van der Waals surface area (Å²) in [7, 11) is 0. The number of ether oxygens (including phenoxy) is 2. The van der Waals surface area contributed by atoms with E-state index in [9.17, 15) is 4.79 Å². The zero-order valence-electron chi connectivity index (χ0n) is 15.6. The van der Waals surface area contributed by atoms with Crippen molar-refractivity contribution in [3.8, 4) is 22.6 Å². The molecule has 0 aromatic heterocycles. The van der Waals surface area contributed by atoms with Crippen LogP contribution in [0.5, 0.6) is 11.5 Å². The fraction of sp³-hybridized carbons (Fsp3) is 0.381. The molecule has 0 amide bonds. The first-order chi connectivity index (χ1) is 11.8. The van der Waals surface area contributed by atoms with E-state index < -0.39 is 5.97 Å². The van der Waals surface area contributed by atoms with Crippen molar-refractivity contribution in [1.29, 1.82) is 0 Å². The smallest absolute Gasteiger partial charge is 0.341 e. The summed E-state index contributed by atoms with van der Waals surface area (Å²) in [6, 6.07) is 8.32. The van der Waals surface area contributed by atoms with Crippen LogP contribution < -0.4 is 9.47 Å². The molecular weight excluding hydrogens is 316 g/mol. The number of carboxylic acid groups (broad SMARTS) is 1. The van der Waals surface area contributed by atoms with Crippen LogP contribution in [0.1, 0.15) is 35.6 Å². The average molecular weight is 342 g/mol. The first kappa shape index (κ1) is 18.8. The van der Waals surface area contributed by atoms with Crippen LogP contribution in [0.3, 0.4) is 0 Å². The molecule has 134 valence electrons. The van der Waals surface area contributed by atoms with E-state index in [0.29, 0.717) is 5.75 Å². The van der Waals surface area contributed by atoms with Gasteiger partial charge in [0.1, 0.15) is 11.5 Å². The molecule has 4 nitrogen and oxygen atoms in total. The lowest BCUT2D eigenvalue weighted by atomic mass is 9.96. The van der Waals surface area contributed by atoms with Gasteiger partial charge in [-0.25, -0.2) is 4.79 Å². The molecule has 0 fully saturated rings. The van der Waals surface area contributed by atoms with Crippen LogP contribution in [-0.2, 0) is 4.79 Å². The molecule has 0 heterocycles. The maximum Gasteiger partial charge on any atom is 0.341 e. The molecule has 1 N–H and O–H groups in total. The minimum absolute atomic E-state index is 0.331. The quantitative estimate of drug-likeness (QED) is 0.782. The summed E-state index contributed by atoms with van der Waals surface area (Å²) in [5.74, 6) is 0.625. The highest BCUT2D eigenvalue weighted by atomic mass is 16.5. The van der Waals surface area contributed by atoms with E-state index in [4.69, 9.17) is 14.6 Å². The zero-order chi connectivity index (χ0) is 18.6. The molecule has 25 heavy (non-hydrogen) atoms. The number of carbonyl (C=O) groups is 1. The Labute approximate surface area is 149 Å². The third kappa shape index (κ3) is 4.53. The van der Waals surface area contributed by atoms with Crippen LogP contribution in [0.25, 0.3) is 11.1 Å². The van der Waals surface area contributed by atoms with Gasteiger partial charge in [-0.3, -0.25) is 0 Å². The van der Waals surface area contributed by atoms with E-state index >= 15 is 0 Å². The zero-order valence-corrected chi connectivity index (χ0v) is 15.6. The summed E-state index contributed by atoms with van der Waals surface area (Å²) in [5, 5.41) is 8.80. The first-order valence-corrected chi connectivity index (χ1v) is 8.53. The van der Waals surface area contributed by atoms with Gasteiger partial charge in [0.05, 0.1) is 6.61 Å². The lowest BCUT2D eigenvalue weighted by molar-refractivity contribution is -0.139. The monoisotopic (exact) mass is 342 g/mol. The fourth-order valence-electron chi connectivity index (χ4n) is 3.03. The van der Waals surface area contributed by atoms with Crippen molar-refractivity contribution in [2.24, 2.45) is 0 Å². The van der Waals surface area contributed by atoms with Gasteiger partial charge >= 0.3 is 5.97 Å². The number of benzene rings is 2. The fourth-order valence-corrected chi connectivity index (χ4v) is 3.03. The van der Waals surface area contributed by atoms with Crippen LogP contribution in [0.4, 0.5) is 0 Å². The summed E-state index contributed by atoms with van der Waals surface area (Å²) >= 11 is 0. The summed E-state index contributed by atoms with van der Waals surface area (Å²) in [6.45, 7) is 10.5. The first-order valence-electron chi connectivity index (χ1n) is 8.53. The second-order valence-electron chi connectivity index (χ2n) is 6.41. The van der Waals surface area contributed by atoms with Gasteiger partial charge in [-0.1, -0.05) is 6.92 Å². The molecule has 2 aromatic carbocycles. The lowest BCUT2D eigenvalue weighted by Gasteiger charge is -2.16. The number of rotatable bonds is 7. The van der Waals surface area contributed by atoms with Crippen molar-refractivity contribution in [3.63, 3.8) is 0 Å². The van der Waals surface area contributed by atoms with Gasteiger partial charge in [0.15, 0.2) is 6.61 Å². The Balaban J connectivity index is 2.37. The van der Waals surface area contributed by atoms with Crippen molar-refractivity contribution in [2.75, 3.05) is 13.2 Å². The van der Waals surface area contributed by atoms with E-state index in [-0.39, 0.29) is 6.61 Å². The molecule has 0 saturated heterocycles. The van der Waals surface area contributed by atoms with E-state index in [1.807, 2.05) is 26.0 Å². The highest BCUT2D eigenvalue weighted by molar-refractivity contribution is 5.71. The van der Waals surface area contributed by atoms with E-state index in [2.05, 4.69) is 32.9 Å². The molecule has 0 unspecified atom stereocenters. The summed E-state index contributed by atoms with van der Waals surface area (Å²) in [6.07, 6.45) is 0.983. The molecule has 0 atom stereocenters. The van der Waals surface area contributed by atoms with E-state index in [1.165, 1.54) is 0 Å². The number of hydrogen-bond acceptors (Lipinski definition) is 3. The SMILES string of the molecule is CCCOc1c(C)cc(-c2cc(C)c(OCC(=O)O)c(C)c2)cc1C. The summed E-state index contributed by atoms with van der Waals surface area (Å²) in [4.78, 5) is 10.7. The Morgan fingerprint density at radius 3 is 1.60 bits per heavy atom. The van der Waals surface area contributed by atoms with Crippen molar-refractivity contribution < 1.29 is 19.4 Å². The van der Waals surface area contributed by atoms with Crippen LogP contribution in [-0.4, -0.2) is 24.3 Å². The molecule has 2 rings (SSSR count). The normalized spacial score (nSPS) is 10.6. The predicted octanol–water partition coefficient (Wildman–Crippen LogP) is 4.84. The maximum atomic E-state index is 10.7. The Hall–Kier alpha value is -2.49. The van der Waals surface area contributed by atoms with Gasteiger partial charge in [-0.05, 0) is 91.8 Å². The molecule has 0 saturated carbocycles. The molecule has 4 heteroatoms. The third-order valence-electron chi connectivity index (χ3n) is 4.04. The molecule has 0 bridgehead atoms. The molecule has 0 aliphatic heterocycles. The molecular formula is C21H26O4. The van der Waals surface area contributed by atoms with Crippen molar-refractivity contribution in [2.45, 2.75) is 41.0 Å². The van der Waals surface area contributed by atoms with Gasteiger partial charge in [-0.2, -0.15) is 0 Å². The maximum absolute atomic E-state index is 10.7.